The summed E-state index contributed by atoms with van der Waals surface area (Å²) in [5, 5.41) is 3.77. The van der Waals surface area contributed by atoms with Crippen LogP contribution in [0, 0.1) is 0 Å². The zero-order valence-corrected chi connectivity index (χ0v) is 19.6. The summed E-state index contributed by atoms with van der Waals surface area (Å²) in [4.78, 5) is 29.5. The quantitative estimate of drug-likeness (QED) is 0.450. The Morgan fingerprint density at radius 2 is 2.03 bits per heavy atom. The first kappa shape index (κ1) is 21.5. The summed E-state index contributed by atoms with van der Waals surface area (Å²) in [5.41, 5.74) is 3.95. The molecule has 4 aromatic rings. The van der Waals surface area contributed by atoms with E-state index in [0.29, 0.717) is 41.8 Å². The normalized spacial score (nSPS) is 16.9. The van der Waals surface area contributed by atoms with Crippen molar-refractivity contribution < 1.29 is 4.74 Å². The minimum Gasteiger partial charge on any atom is -0.478 e. The van der Waals surface area contributed by atoms with Gasteiger partial charge in [0.25, 0.3) is 5.56 Å². The summed E-state index contributed by atoms with van der Waals surface area (Å²) in [5.74, 6) is 1.53. The molecule has 9 heteroatoms. The number of nitrogens with one attached hydrogen (secondary N) is 1. The zero-order chi connectivity index (χ0) is 23.8. The van der Waals surface area contributed by atoms with Gasteiger partial charge in [-0.3, -0.25) is 4.79 Å². The summed E-state index contributed by atoms with van der Waals surface area (Å²) in [7, 11) is 2.13. The van der Waals surface area contributed by atoms with Crippen LogP contribution >= 0.6 is 0 Å². The van der Waals surface area contributed by atoms with Gasteiger partial charge in [0.15, 0.2) is 11.5 Å². The van der Waals surface area contributed by atoms with Gasteiger partial charge >= 0.3 is 0 Å². The Kier molecular flexibility index (Phi) is 5.54. The second-order valence-electron chi connectivity index (χ2n) is 9.02. The number of pyridine rings is 1. The number of ether oxygens (including phenoxy) is 1. The van der Waals surface area contributed by atoms with Crippen molar-refractivity contribution in [1.82, 2.24) is 29.2 Å². The molecule has 2 aliphatic rings. The van der Waals surface area contributed by atoms with Crippen molar-refractivity contribution in [2.75, 3.05) is 25.5 Å². The smallest absolute Gasteiger partial charge is 0.278 e. The molecule has 5 heterocycles. The summed E-state index contributed by atoms with van der Waals surface area (Å²) in [6.07, 6.45) is 8.48. The lowest BCUT2D eigenvalue weighted by molar-refractivity contribution is 0.299. The van der Waals surface area contributed by atoms with Crippen molar-refractivity contribution in [2.24, 2.45) is 0 Å². The number of likely N-dealkylation sites (N-methyl/N-ethyl adjacent to an activating group) is 1. The Morgan fingerprint density at radius 1 is 1.09 bits per heavy atom. The van der Waals surface area contributed by atoms with Crippen molar-refractivity contribution in [3.63, 3.8) is 0 Å². The molecule has 6 rings (SSSR count). The number of hydrogen-bond donors (Lipinski definition) is 1. The highest BCUT2D eigenvalue weighted by molar-refractivity contribution is 5.77. The van der Waals surface area contributed by atoms with E-state index in [1.807, 2.05) is 24.3 Å². The average molecular weight is 470 g/mol. The van der Waals surface area contributed by atoms with E-state index in [-0.39, 0.29) is 5.56 Å². The van der Waals surface area contributed by atoms with E-state index in [0.717, 1.165) is 38.0 Å². The number of nitrogens with zero attached hydrogens (tertiary/aromatic N) is 6. The third kappa shape index (κ3) is 4.19. The van der Waals surface area contributed by atoms with Gasteiger partial charge in [-0.1, -0.05) is 24.3 Å². The Hall–Kier alpha value is -3.98. The molecule has 2 aliphatic heterocycles. The molecule has 0 fully saturated rings. The minimum atomic E-state index is -0.154. The summed E-state index contributed by atoms with van der Waals surface area (Å²) >= 11 is 0. The zero-order valence-electron chi connectivity index (χ0n) is 19.6. The molecule has 0 saturated heterocycles. The number of rotatable bonds is 2. The molecular formula is C26H27N7O2. The van der Waals surface area contributed by atoms with Crippen LogP contribution < -0.4 is 15.6 Å². The maximum Gasteiger partial charge on any atom is 0.278 e. The summed E-state index contributed by atoms with van der Waals surface area (Å²) in [6, 6.07) is 11.9. The number of aromatic nitrogens is 5. The highest BCUT2D eigenvalue weighted by atomic mass is 16.5. The molecule has 0 amide bonds. The van der Waals surface area contributed by atoms with Crippen molar-refractivity contribution in [3.05, 3.63) is 76.2 Å². The average Bonchev–Trinajstić information content (AvgIpc) is 3.13. The molecule has 0 saturated carbocycles. The lowest BCUT2D eigenvalue weighted by Gasteiger charge is -2.25. The third-order valence-corrected chi connectivity index (χ3v) is 6.48. The van der Waals surface area contributed by atoms with Gasteiger partial charge < -0.3 is 15.0 Å². The van der Waals surface area contributed by atoms with Gasteiger partial charge in [0, 0.05) is 31.0 Å². The van der Waals surface area contributed by atoms with E-state index >= 15 is 0 Å². The molecular weight excluding hydrogens is 442 g/mol. The van der Waals surface area contributed by atoms with Gasteiger partial charge in [0.1, 0.15) is 5.39 Å². The maximum atomic E-state index is 13.3. The van der Waals surface area contributed by atoms with Crippen LogP contribution in [0.3, 0.4) is 0 Å². The van der Waals surface area contributed by atoms with Crippen LogP contribution in [0.15, 0.2) is 59.5 Å². The van der Waals surface area contributed by atoms with Gasteiger partial charge in [0.2, 0.25) is 11.8 Å². The highest BCUT2D eigenvalue weighted by Gasteiger charge is 2.19. The topological polar surface area (TPSA) is 90.1 Å². The van der Waals surface area contributed by atoms with E-state index in [9.17, 15) is 4.79 Å². The second-order valence-corrected chi connectivity index (χ2v) is 9.02. The Labute approximate surface area is 202 Å². The molecule has 3 aromatic heterocycles. The van der Waals surface area contributed by atoms with E-state index in [1.165, 1.54) is 11.1 Å². The van der Waals surface area contributed by atoms with Gasteiger partial charge in [0.05, 0.1) is 13.2 Å². The fourth-order valence-corrected chi connectivity index (χ4v) is 4.66. The lowest BCUT2D eigenvalue weighted by Crippen LogP contribution is -2.26. The lowest BCUT2D eigenvalue weighted by atomic mass is 9.99. The SMILES string of the molecule is CN1CCc2ccc(Nc3ncc4c(=O)n5n(c4n3)-c3cccc(n3)OCCC/C=C\C5)cc2C1. The van der Waals surface area contributed by atoms with E-state index in [4.69, 9.17) is 9.72 Å². The predicted molar refractivity (Wildman–Crippen MR) is 135 cm³/mol. The second kappa shape index (κ2) is 8.99. The van der Waals surface area contributed by atoms with Crippen LogP contribution in [0.25, 0.3) is 16.9 Å². The van der Waals surface area contributed by atoms with Crippen LogP contribution in [0.1, 0.15) is 24.0 Å². The molecule has 0 aliphatic carbocycles. The molecule has 9 nitrogen and oxygen atoms in total. The van der Waals surface area contributed by atoms with Crippen LogP contribution in [0.2, 0.25) is 0 Å². The maximum absolute atomic E-state index is 13.3. The van der Waals surface area contributed by atoms with Crippen molar-refractivity contribution >= 4 is 22.7 Å². The molecule has 35 heavy (non-hydrogen) atoms. The Balaban J connectivity index is 1.44. The van der Waals surface area contributed by atoms with E-state index in [1.54, 1.807) is 15.6 Å². The number of fused-ring (bicyclic) bond motifs is 7. The molecule has 1 aromatic carbocycles. The number of benzene rings is 1. The first-order chi connectivity index (χ1) is 17.2. The standard InChI is InChI=1S/C26H27N7O2/c1-31-13-11-18-9-10-20(15-19(18)17-31)28-26-27-16-21-24(30-26)33-22-7-6-8-23(29-22)35-14-5-3-2-4-12-32(33)25(21)34/h2,4,6-10,15-16H,3,5,11-14,17H2,1H3,(H,27,28,30)/b4-2-. The molecule has 2 bridgehead atoms. The van der Waals surface area contributed by atoms with Gasteiger partial charge in [-0.15, -0.1) is 0 Å². The molecule has 1 N–H and O–H groups in total. The van der Waals surface area contributed by atoms with E-state index < -0.39 is 0 Å². The first-order valence-electron chi connectivity index (χ1n) is 12.0. The van der Waals surface area contributed by atoms with E-state index in [2.05, 4.69) is 51.5 Å². The number of allylic oxidation sites excluding steroid dienone is 2. The molecule has 178 valence electrons. The summed E-state index contributed by atoms with van der Waals surface area (Å²) < 4.78 is 9.21. The monoisotopic (exact) mass is 469 g/mol. The Bertz CT molecular complexity index is 1490. The largest absolute Gasteiger partial charge is 0.478 e. The van der Waals surface area contributed by atoms with Crippen molar-refractivity contribution in [3.8, 4) is 11.7 Å². The number of anilines is 2. The Morgan fingerprint density at radius 3 is 2.97 bits per heavy atom. The predicted octanol–water partition coefficient (Wildman–Crippen LogP) is 3.44. The van der Waals surface area contributed by atoms with Crippen molar-refractivity contribution in [1.29, 1.82) is 0 Å². The molecule has 0 radical (unpaired) electrons. The minimum absolute atomic E-state index is 0.154. The molecule has 0 spiro atoms. The molecule has 0 atom stereocenters. The fraction of sp³-hybridized carbons (Fsp3) is 0.308. The van der Waals surface area contributed by atoms with Crippen LogP contribution in [-0.2, 0) is 19.5 Å². The van der Waals surface area contributed by atoms with Gasteiger partial charge in [-0.2, -0.15) is 9.97 Å². The summed E-state index contributed by atoms with van der Waals surface area (Å²) in [6.45, 7) is 3.00. The van der Waals surface area contributed by atoms with Gasteiger partial charge in [-0.25, -0.2) is 14.3 Å². The van der Waals surface area contributed by atoms with Crippen molar-refractivity contribution in [2.45, 2.75) is 32.4 Å². The van der Waals surface area contributed by atoms with Crippen LogP contribution in [-0.4, -0.2) is 49.4 Å². The fourth-order valence-electron chi connectivity index (χ4n) is 4.66. The molecule has 0 unspecified atom stereocenters. The third-order valence-electron chi connectivity index (χ3n) is 6.48. The highest BCUT2D eigenvalue weighted by Crippen LogP contribution is 2.24. The van der Waals surface area contributed by atoms with Crippen LogP contribution in [0.5, 0.6) is 5.88 Å². The van der Waals surface area contributed by atoms with Gasteiger partial charge in [-0.05, 0) is 55.6 Å². The number of hydrogen-bond acceptors (Lipinski definition) is 7. The van der Waals surface area contributed by atoms with Crippen LogP contribution in [0.4, 0.5) is 11.6 Å². The first-order valence-corrected chi connectivity index (χ1v) is 12.0.